The molecule has 1 aliphatic heterocycles. The van der Waals surface area contributed by atoms with Crippen LogP contribution in [0.3, 0.4) is 0 Å². The summed E-state index contributed by atoms with van der Waals surface area (Å²) in [6, 6.07) is 0. The molecular formula is C8H20N2. The van der Waals surface area contributed by atoms with Crippen molar-refractivity contribution in [3.63, 3.8) is 0 Å². The average molecular weight is 144 g/mol. The molecule has 0 unspecified atom stereocenters. The molecular weight excluding hydrogens is 124 g/mol. The number of hydrazine groups is 1. The first-order valence-electron chi connectivity index (χ1n) is 4.05. The van der Waals surface area contributed by atoms with Crippen LogP contribution in [0.25, 0.3) is 0 Å². The SMILES string of the molecule is CC.CC.CC1=CCNN1. The van der Waals surface area contributed by atoms with Crippen molar-refractivity contribution in [2.75, 3.05) is 6.54 Å². The Morgan fingerprint density at radius 3 is 1.80 bits per heavy atom. The predicted octanol–water partition coefficient (Wildman–Crippen LogP) is 2.05. The van der Waals surface area contributed by atoms with Gasteiger partial charge in [0.2, 0.25) is 0 Å². The van der Waals surface area contributed by atoms with E-state index in [1.807, 2.05) is 34.6 Å². The van der Waals surface area contributed by atoms with Crippen LogP contribution in [0.4, 0.5) is 0 Å². The van der Waals surface area contributed by atoms with Crippen molar-refractivity contribution in [3.8, 4) is 0 Å². The Labute approximate surface area is 64.7 Å². The average Bonchev–Trinajstić information content (AvgIpc) is 2.48. The van der Waals surface area contributed by atoms with Crippen molar-refractivity contribution >= 4 is 0 Å². The molecule has 0 atom stereocenters. The van der Waals surface area contributed by atoms with Gasteiger partial charge in [0, 0.05) is 12.2 Å². The molecule has 62 valence electrons. The summed E-state index contributed by atoms with van der Waals surface area (Å²) in [5, 5.41) is 0. The molecule has 1 rings (SSSR count). The van der Waals surface area contributed by atoms with E-state index in [-0.39, 0.29) is 0 Å². The Bertz CT molecular complexity index is 77.3. The molecule has 2 nitrogen and oxygen atoms in total. The second-order valence-corrected chi connectivity index (χ2v) is 1.39. The largest absolute Gasteiger partial charge is 0.326 e. The molecule has 0 aliphatic carbocycles. The molecule has 0 spiro atoms. The smallest absolute Gasteiger partial charge is 0.0348 e. The number of allylic oxidation sites excluding steroid dienone is 1. The summed E-state index contributed by atoms with van der Waals surface area (Å²) in [6.07, 6.45) is 2.10. The van der Waals surface area contributed by atoms with Gasteiger partial charge in [-0.25, -0.2) is 5.43 Å². The third-order valence-corrected chi connectivity index (χ3v) is 0.796. The fourth-order valence-electron chi connectivity index (χ4n) is 0.446. The van der Waals surface area contributed by atoms with Gasteiger partial charge >= 0.3 is 0 Å². The Morgan fingerprint density at radius 1 is 1.20 bits per heavy atom. The zero-order valence-corrected chi connectivity index (χ0v) is 7.78. The Kier molecular flexibility index (Phi) is 13.8. The first-order valence-corrected chi connectivity index (χ1v) is 4.05. The minimum Gasteiger partial charge on any atom is -0.326 e. The van der Waals surface area contributed by atoms with Crippen LogP contribution in [-0.2, 0) is 0 Å². The second-order valence-electron chi connectivity index (χ2n) is 1.39. The van der Waals surface area contributed by atoms with Crippen molar-refractivity contribution in [1.82, 2.24) is 10.9 Å². The molecule has 10 heavy (non-hydrogen) atoms. The molecule has 0 aromatic heterocycles. The fraction of sp³-hybridized carbons (Fsp3) is 0.750. The van der Waals surface area contributed by atoms with Crippen molar-refractivity contribution in [2.24, 2.45) is 0 Å². The maximum Gasteiger partial charge on any atom is 0.0348 e. The molecule has 0 saturated heterocycles. The van der Waals surface area contributed by atoms with E-state index >= 15 is 0 Å². The zero-order chi connectivity index (χ0) is 8.41. The molecule has 2 heteroatoms. The van der Waals surface area contributed by atoms with Gasteiger partial charge in [0.1, 0.15) is 0 Å². The lowest BCUT2D eigenvalue weighted by molar-refractivity contribution is 0.700. The van der Waals surface area contributed by atoms with Crippen LogP contribution in [0.2, 0.25) is 0 Å². The van der Waals surface area contributed by atoms with Gasteiger partial charge in [-0.05, 0) is 13.0 Å². The van der Waals surface area contributed by atoms with Gasteiger partial charge in [0.15, 0.2) is 0 Å². The van der Waals surface area contributed by atoms with Crippen LogP contribution < -0.4 is 10.9 Å². The van der Waals surface area contributed by atoms with Gasteiger partial charge in [0.25, 0.3) is 0 Å². The highest BCUT2D eigenvalue weighted by Gasteiger charge is 1.90. The van der Waals surface area contributed by atoms with E-state index in [0.29, 0.717) is 0 Å². The Hall–Kier alpha value is -0.500. The van der Waals surface area contributed by atoms with Crippen LogP contribution in [0.15, 0.2) is 11.8 Å². The molecule has 0 radical (unpaired) electrons. The molecule has 0 fully saturated rings. The van der Waals surface area contributed by atoms with Crippen molar-refractivity contribution < 1.29 is 0 Å². The number of nitrogens with one attached hydrogen (secondary N) is 2. The van der Waals surface area contributed by atoms with Crippen LogP contribution in [0.1, 0.15) is 34.6 Å². The normalized spacial score (nSPS) is 13.1. The monoisotopic (exact) mass is 144 g/mol. The molecule has 0 aromatic carbocycles. The molecule has 0 bridgehead atoms. The lowest BCUT2D eigenvalue weighted by Gasteiger charge is -1.91. The molecule has 0 aromatic rings. The minimum absolute atomic E-state index is 0.964. The maximum absolute atomic E-state index is 2.93. The van der Waals surface area contributed by atoms with Crippen molar-refractivity contribution in [1.29, 1.82) is 0 Å². The van der Waals surface area contributed by atoms with E-state index in [0.717, 1.165) is 6.54 Å². The van der Waals surface area contributed by atoms with E-state index in [9.17, 15) is 0 Å². The second kappa shape index (κ2) is 11.3. The Balaban J connectivity index is 0. The zero-order valence-electron chi connectivity index (χ0n) is 7.78. The third-order valence-electron chi connectivity index (χ3n) is 0.796. The summed E-state index contributed by atoms with van der Waals surface area (Å²) in [5.41, 5.74) is 7.08. The van der Waals surface area contributed by atoms with Gasteiger partial charge in [-0.2, -0.15) is 0 Å². The number of hydrogen-bond donors (Lipinski definition) is 2. The fourth-order valence-corrected chi connectivity index (χ4v) is 0.446. The lowest BCUT2D eigenvalue weighted by Crippen LogP contribution is -2.22. The van der Waals surface area contributed by atoms with Crippen LogP contribution >= 0.6 is 0 Å². The van der Waals surface area contributed by atoms with E-state index in [4.69, 9.17) is 0 Å². The summed E-state index contributed by atoms with van der Waals surface area (Å²) >= 11 is 0. The first-order chi connectivity index (χ1) is 4.89. The van der Waals surface area contributed by atoms with Crippen molar-refractivity contribution in [3.05, 3.63) is 11.8 Å². The predicted molar refractivity (Wildman–Crippen MR) is 47.6 cm³/mol. The van der Waals surface area contributed by atoms with E-state index in [1.165, 1.54) is 5.70 Å². The van der Waals surface area contributed by atoms with Gasteiger partial charge in [-0.15, -0.1) is 0 Å². The van der Waals surface area contributed by atoms with E-state index in [2.05, 4.69) is 16.9 Å². The first kappa shape index (κ1) is 12.2. The van der Waals surface area contributed by atoms with Crippen LogP contribution in [-0.4, -0.2) is 6.54 Å². The maximum atomic E-state index is 2.93. The molecule has 0 saturated carbocycles. The summed E-state index contributed by atoms with van der Waals surface area (Å²) in [4.78, 5) is 0. The molecule has 1 aliphatic rings. The lowest BCUT2D eigenvalue weighted by atomic mass is 10.5. The summed E-state index contributed by atoms with van der Waals surface area (Å²) in [5.74, 6) is 0. The third kappa shape index (κ3) is 7.50. The molecule has 2 N–H and O–H groups in total. The highest BCUT2D eigenvalue weighted by Crippen LogP contribution is 1.85. The van der Waals surface area contributed by atoms with Gasteiger partial charge < -0.3 is 5.43 Å². The molecule has 1 heterocycles. The van der Waals surface area contributed by atoms with Crippen molar-refractivity contribution in [2.45, 2.75) is 34.6 Å². The molecule has 0 amide bonds. The van der Waals surface area contributed by atoms with Gasteiger partial charge in [-0.1, -0.05) is 27.7 Å². The minimum atomic E-state index is 0.964. The Morgan fingerprint density at radius 2 is 1.70 bits per heavy atom. The van der Waals surface area contributed by atoms with Gasteiger partial charge in [-0.3, -0.25) is 0 Å². The standard InChI is InChI=1S/C4H8N2.2C2H6/c1-4-2-3-5-6-4;2*1-2/h2,5-6H,3H2,1H3;2*1-2H3. The number of hydrogen-bond acceptors (Lipinski definition) is 2. The van der Waals surface area contributed by atoms with E-state index < -0.39 is 0 Å². The number of rotatable bonds is 0. The van der Waals surface area contributed by atoms with E-state index in [1.54, 1.807) is 0 Å². The van der Waals surface area contributed by atoms with Crippen LogP contribution in [0, 0.1) is 0 Å². The quantitative estimate of drug-likeness (QED) is 0.543. The summed E-state index contributed by atoms with van der Waals surface area (Å²) in [6.45, 7) is 11.0. The summed E-state index contributed by atoms with van der Waals surface area (Å²) in [7, 11) is 0. The van der Waals surface area contributed by atoms with Crippen LogP contribution in [0.5, 0.6) is 0 Å². The highest BCUT2D eigenvalue weighted by atomic mass is 15.4. The highest BCUT2D eigenvalue weighted by molar-refractivity contribution is 4.99. The topological polar surface area (TPSA) is 24.1 Å². The van der Waals surface area contributed by atoms with Gasteiger partial charge in [0.05, 0.1) is 0 Å². The summed E-state index contributed by atoms with van der Waals surface area (Å²) < 4.78 is 0.